The van der Waals surface area contributed by atoms with Crippen molar-refractivity contribution < 1.29 is 18.7 Å². The van der Waals surface area contributed by atoms with Crippen LogP contribution in [-0.4, -0.2) is 63.1 Å². The molecule has 0 aliphatic carbocycles. The molecule has 0 spiro atoms. The van der Waals surface area contributed by atoms with Crippen molar-refractivity contribution in [3.63, 3.8) is 0 Å². The number of nitrogens with zero attached hydrogens (tertiary/aromatic N) is 5. The Kier molecular flexibility index (Phi) is 6.14. The number of anilines is 2. The molecule has 0 bridgehead atoms. The summed E-state index contributed by atoms with van der Waals surface area (Å²) in [6, 6.07) is 2.46. The van der Waals surface area contributed by atoms with Crippen LogP contribution in [0.1, 0.15) is 38.1 Å². The van der Waals surface area contributed by atoms with Crippen molar-refractivity contribution in [1.82, 2.24) is 19.9 Å². The Morgan fingerprint density at radius 3 is 2.40 bits per heavy atom. The molecule has 30 heavy (non-hydrogen) atoms. The predicted molar refractivity (Wildman–Crippen MR) is 109 cm³/mol. The van der Waals surface area contributed by atoms with Gasteiger partial charge in [0.1, 0.15) is 5.60 Å². The van der Waals surface area contributed by atoms with Crippen molar-refractivity contribution >= 4 is 23.6 Å². The molecule has 160 valence electrons. The number of nitrogens with one attached hydrogen (secondary N) is 1. The van der Waals surface area contributed by atoms with E-state index in [1.165, 1.54) is 18.5 Å². The summed E-state index contributed by atoms with van der Waals surface area (Å²) < 4.78 is 18.3. The second-order valence-electron chi connectivity index (χ2n) is 8.06. The van der Waals surface area contributed by atoms with E-state index in [-0.39, 0.29) is 17.7 Å². The molecule has 1 aliphatic rings. The largest absolute Gasteiger partial charge is 0.444 e. The summed E-state index contributed by atoms with van der Waals surface area (Å²) in [5, 5.41) is 2.65. The smallest absolute Gasteiger partial charge is 0.410 e. The van der Waals surface area contributed by atoms with Crippen molar-refractivity contribution in [3.05, 3.63) is 42.2 Å². The molecule has 1 N–H and O–H groups in total. The summed E-state index contributed by atoms with van der Waals surface area (Å²) in [7, 11) is 0. The van der Waals surface area contributed by atoms with Crippen molar-refractivity contribution in [2.75, 3.05) is 29.9 Å². The number of hydrogen-bond acceptors (Lipinski definition) is 7. The minimum absolute atomic E-state index is 0.00278. The van der Waals surface area contributed by atoms with E-state index in [2.05, 4.69) is 20.3 Å². The molecule has 10 heteroatoms. The third-order valence-electron chi connectivity index (χ3n) is 4.42. The van der Waals surface area contributed by atoms with Crippen LogP contribution in [0.3, 0.4) is 0 Å². The molecular weight excluding hydrogens is 391 g/mol. The SMILES string of the molecule is C[C@H]1CN(C(=O)OC(C)(C)C)CCN1c1ncc(NC(=O)c2ccc(F)nc2)cn1. The van der Waals surface area contributed by atoms with Gasteiger partial charge in [-0.1, -0.05) is 0 Å². The number of hydrogen-bond donors (Lipinski definition) is 1. The topological polar surface area (TPSA) is 101 Å². The first-order chi connectivity index (χ1) is 14.1. The maximum Gasteiger partial charge on any atom is 0.410 e. The highest BCUT2D eigenvalue weighted by Gasteiger charge is 2.30. The lowest BCUT2D eigenvalue weighted by molar-refractivity contribution is 0.0218. The monoisotopic (exact) mass is 416 g/mol. The fourth-order valence-electron chi connectivity index (χ4n) is 2.99. The van der Waals surface area contributed by atoms with E-state index in [9.17, 15) is 14.0 Å². The van der Waals surface area contributed by atoms with Gasteiger partial charge in [-0.05, 0) is 39.8 Å². The molecule has 2 aromatic heterocycles. The van der Waals surface area contributed by atoms with Gasteiger partial charge >= 0.3 is 6.09 Å². The van der Waals surface area contributed by atoms with E-state index >= 15 is 0 Å². The number of amides is 2. The van der Waals surface area contributed by atoms with E-state index in [0.29, 0.717) is 31.3 Å². The third-order valence-corrected chi connectivity index (χ3v) is 4.42. The Morgan fingerprint density at radius 2 is 1.83 bits per heavy atom. The van der Waals surface area contributed by atoms with Gasteiger partial charge in [-0.15, -0.1) is 0 Å². The summed E-state index contributed by atoms with van der Waals surface area (Å²) in [4.78, 5) is 40.2. The number of carbonyl (C=O) groups is 2. The molecule has 3 rings (SSSR count). The molecule has 1 fully saturated rings. The minimum atomic E-state index is -0.653. The Bertz CT molecular complexity index is 898. The molecule has 2 amide bonds. The van der Waals surface area contributed by atoms with E-state index in [0.717, 1.165) is 12.3 Å². The van der Waals surface area contributed by atoms with Gasteiger partial charge < -0.3 is 19.9 Å². The van der Waals surface area contributed by atoms with Gasteiger partial charge in [-0.2, -0.15) is 4.39 Å². The Hall–Kier alpha value is -3.30. The van der Waals surface area contributed by atoms with Crippen LogP contribution in [0.25, 0.3) is 0 Å². The van der Waals surface area contributed by atoms with E-state index < -0.39 is 17.5 Å². The summed E-state index contributed by atoms with van der Waals surface area (Å²) in [5.41, 5.74) is 0.102. The highest BCUT2D eigenvalue weighted by Crippen LogP contribution is 2.19. The first kappa shape index (κ1) is 21.4. The number of aromatic nitrogens is 3. The van der Waals surface area contributed by atoms with Crippen molar-refractivity contribution in [3.8, 4) is 0 Å². The van der Waals surface area contributed by atoms with Gasteiger partial charge in [-0.3, -0.25) is 4.79 Å². The Balaban J connectivity index is 1.59. The summed E-state index contributed by atoms with van der Waals surface area (Å²) in [6.45, 7) is 9.06. The second-order valence-corrected chi connectivity index (χ2v) is 8.06. The van der Waals surface area contributed by atoms with Gasteiger partial charge in [-0.25, -0.2) is 19.7 Å². The maximum atomic E-state index is 12.9. The second kappa shape index (κ2) is 8.60. The van der Waals surface area contributed by atoms with Crippen LogP contribution >= 0.6 is 0 Å². The number of ether oxygens (including phenoxy) is 1. The van der Waals surface area contributed by atoms with Gasteiger partial charge in [0.05, 0.1) is 23.6 Å². The zero-order chi connectivity index (χ0) is 21.9. The first-order valence-corrected chi connectivity index (χ1v) is 9.62. The zero-order valence-electron chi connectivity index (χ0n) is 17.4. The van der Waals surface area contributed by atoms with Crippen molar-refractivity contribution in [2.45, 2.75) is 39.3 Å². The Morgan fingerprint density at radius 1 is 1.13 bits per heavy atom. The third kappa shape index (κ3) is 5.40. The van der Waals surface area contributed by atoms with E-state index in [1.54, 1.807) is 4.90 Å². The van der Waals surface area contributed by atoms with Crippen LogP contribution in [0.5, 0.6) is 0 Å². The van der Waals surface area contributed by atoms with Gasteiger partial charge in [0.15, 0.2) is 0 Å². The number of rotatable bonds is 3. The van der Waals surface area contributed by atoms with Crippen molar-refractivity contribution in [1.29, 1.82) is 0 Å². The normalized spacial score (nSPS) is 16.9. The maximum absolute atomic E-state index is 12.9. The van der Waals surface area contributed by atoms with Crippen LogP contribution in [0.4, 0.5) is 20.8 Å². The average Bonchev–Trinajstić information content (AvgIpc) is 2.68. The number of halogens is 1. The molecule has 0 aromatic carbocycles. The van der Waals surface area contributed by atoms with Crippen LogP contribution in [0.15, 0.2) is 30.7 Å². The van der Waals surface area contributed by atoms with Crippen LogP contribution in [0, 0.1) is 5.95 Å². The quantitative estimate of drug-likeness (QED) is 0.768. The number of carbonyl (C=O) groups excluding carboxylic acids is 2. The molecule has 0 saturated carbocycles. The number of piperazine rings is 1. The molecule has 2 aromatic rings. The fourth-order valence-corrected chi connectivity index (χ4v) is 2.99. The molecule has 3 heterocycles. The lowest BCUT2D eigenvalue weighted by atomic mass is 10.2. The summed E-state index contributed by atoms with van der Waals surface area (Å²) in [5.74, 6) is -0.578. The number of pyridine rings is 1. The molecule has 1 aliphatic heterocycles. The van der Waals surface area contributed by atoms with Crippen LogP contribution < -0.4 is 10.2 Å². The lowest BCUT2D eigenvalue weighted by Crippen LogP contribution is -2.55. The van der Waals surface area contributed by atoms with Gasteiger partial charge in [0.2, 0.25) is 11.9 Å². The zero-order valence-corrected chi connectivity index (χ0v) is 17.4. The van der Waals surface area contributed by atoms with Crippen LogP contribution in [0.2, 0.25) is 0 Å². The lowest BCUT2D eigenvalue weighted by Gasteiger charge is -2.40. The highest BCUT2D eigenvalue weighted by atomic mass is 19.1. The highest BCUT2D eigenvalue weighted by molar-refractivity contribution is 6.03. The van der Waals surface area contributed by atoms with Gasteiger partial charge in [0.25, 0.3) is 5.91 Å². The minimum Gasteiger partial charge on any atom is -0.444 e. The molecule has 0 unspecified atom stereocenters. The molecule has 1 atom stereocenters. The van der Waals surface area contributed by atoms with E-state index in [1.807, 2.05) is 32.6 Å². The summed E-state index contributed by atoms with van der Waals surface area (Å²) in [6.07, 6.45) is 3.84. The average molecular weight is 416 g/mol. The Labute approximate surface area is 174 Å². The predicted octanol–water partition coefficient (Wildman–Crippen LogP) is 2.71. The summed E-state index contributed by atoms with van der Waals surface area (Å²) >= 11 is 0. The molecule has 9 nitrogen and oxygen atoms in total. The first-order valence-electron chi connectivity index (χ1n) is 9.62. The fraction of sp³-hybridized carbons (Fsp3) is 0.450. The molecule has 0 radical (unpaired) electrons. The molecular formula is C20H25FN6O3. The van der Waals surface area contributed by atoms with Crippen molar-refractivity contribution in [2.24, 2.45) is 0 Å². The van der Waals surface area contributed by atoms with Gasteiger partial charge in [0, 0.05) is 31.9 Å². The molecule has 1 saturated heterocycles. The van der Waals surface area contributed by atoms with E-state index in [4.69, 9.17) is 4.74 Å². The standard InChI is InChI=1S/C20H25FN6O3/c1-13-12-26(19(29)30-20(2,3)4)7-8-27(13)18-23-10-15(11-24-18)25-17(28)14-5-6-16(21)22-9-14/h5-6,9-11,13H,7-8,12H2,1-4H3,(H,25,28)/t13-/m0/s1. The van der Waals surface area contributed by atoms with Crippen LogP contribution in [-0.2, 0) is 4.74 Å².